The predicted octanol–water partition coefficient (Wildman–Crippen LogP) is 5.90. The molecule has 0 fully saturated rings. The van der Waals surface area contributed by atoms with Crippen LogP contribution < -0.4 is 15.4 Å². The molecule has 3 aromatic carbocycles. The Labute approximate surface area is 186 Å². The van der Waals surface area contributed by atoms with Crippen LogP contribution in [0, 0.1) is 10.1 Å². The Morgan fingerprint density at radius 1 is 0.903 bits per heavy atom. The Kier molecular flexibility index (Phi) is 6.74. The number of carbonyl (C=O) groups is 2. The molecule has 0 spiro atoms. The summed E-state index contributed by atoms with van der Waals surface area (Å²) >= 11 is 11.9. The monoisotopic (exact) mass is 459 g/mol. The van der Waals surface area contributed by atoms with Gasteiger partial charge in [-0.15, -0.1) is 0 Å². The summed E-state index contributed by atoms with van der Waals surface area (Å²) in [5, 5.41) is 17.0. The Morgan fingerprint density at radius 2 is 1.61 bits per heavy atom. The van der Waals surface area contributed by atoms with Gasteiger partial charge in [0.05, 0.1) is 27.3 Å². The first-order valence-corrected chi connectivity index (χ1v) is 9.58. The van der Waals surface area contributed by atoms with Crippen molar-refractivity contribution in [3.05, 3.63) is 86.4 Å². The molecule has 0 radical (unpaired) electrons. The number of benzene rings is 3. The van der Waals surface area contributed by atoms with E-state index in [0.717, 1.165) is 0 Å². The van der Waals surface area contributed by atoms with Crippen LogP contribution in [0.5, 0.6) is 11.5 Å². The fourth-order valence-electron chi connectivity index (χ4n) is 2.64. The highest BCUT2D eigenvalue weighted by molar-refractivity contribution is 6.37. The molecule has 0 bridgehead atoms. The fourth-order valence-corrected chi connectivity index (χ4v) is 3.13. The fraction of sp³-hybridized carbons (Fsp3) is 0.0476. The second kappa shape index (κ2) is 9.46. The highest BCUT2D eigenvalue weighted by Crippen LogP contribution is 2.31. The molecule has 3 aromatic rings. The number of ether oxygens (including phenoxy) is 1. The largest absolute Gasteiger partial charge is 0.457 e. The Morgan fingerprint density at radius 3 is 2.23 bits per heavy atom. The van der Waals surface area contributed by atoms with Crippen molar-refractivity contribution >= 4 is 52.1 Å². The van der Waals surface area contributed by atoms with Gasteiger partial charge in [-0.25, -0.2) is 0 Å². The first kappa shape index (κ1) is 22.1. The summed E-state index contributed by atoms with van der Waals surface area (Å²) in [5.74, 6) is -0.257. The van der Waals surface area contributed by atoms with Crippen LogP contribution in [0.1, 0.15) is 17.3 Å². The van der Waals surface area contributed by atoms with Gasteiger partial charge in [0.1, 0.15) is 11.5 Å². The third-order valence-corrected chi connectivity index (χ3v) is 4.49. The molecule has 0 atom stereocenters. The van der Waals surface area contributed by atoms with E-state index in [1.54, 1.807) is 24.3 Å². The molecule has 0 saturated heterocycles. The molecule has 0 aromatic heterocycles. The molecule has 158 valence electrons. The second-order valence-corrected chi connectivity index (χ2v) is 7.20. The van der Waals surface area contributed by atoms with E-state index >= 15 is 0 Å². The molecule has 0 aliphatic heterocycles. The highest BCUT2D eigenvalue weighted by Gasteiger charge is 2.16. The van der Waals surface area contributed by atoms with Gasteiger partial charge in [-0.3, -0.25) is 19.7 Å². The van der Waals surface area contributed by atoms with Crippen molar-refractivity contribution in [2.24, 2.45) is 0 Å². The number of hydrogen-bond donors (Lipinski definition) is 2. The molecular weight excluding hydrogens is 445 g/mol. The number of anilines is 2. The molecule has 0 aliphatic rings. The molecule has 10 heteroatoms. The molecule has 0 aliphatic carbocycles. The maximum atomic E-state index is 12.5. The summed E-state index contributed by atoms with van der Waals surface area (Å²) in [6.07, 6.45) is 0. The number of nitro groups is 1. The van der Waals surface area contributed by atoms with Gasteiger partial charge in [0.15, 0.2) is 0 Å². The van der Waals surface area contributed by atoms with Gasteiger partial charge in [0.25, 0.3) is 11.6 Å². The summed E-state index contributed by atoms with van der Waals surface area (Å²) in [5.41, 5.74) is 0.611. The average Bonchev–Trinajstić information content (AvgIpc) is 2.68. The van der Waals surface area contributed by atoms with Crippen LogP contribution in [0.3, 0.4) is 0 Å². The zero-order chi connectivity index (χ0) is 22.5. The average molecular weight is 460 g/mol. The molecule has 2 amide bonds. The van der Waals surface area contributed by atoms with Crippen molar-refractivity contribution in [3.8, 4) is 11.5 Å². The van der Waals surface area contributed by atoms with Crippen LogP contribution in [-0.2, 0) is 4.79 Å². The van der Waals surface area contributed by atoms with E-state index in [1.165, 1.54) is 43.3 Å². The number of amides is 2. The Hall–Kier alpha value is -3.62. The first-order valence-electron chi connectivity index (χ1n) is 8.82. The number of hydrogen-bond acceptors (Lipinski definition) is 5. The van der Waals surface area contributed by atoms with Gasteiger partial charge < -0.3 is 15.4 Å². The summed E-state index contributed by atoms with van der Waals surface area (Å²) in [7, 11) is 0. The minimum atomic E-state index is -0.600. The minimum Gasteiger partial charge on any atom is -0.457 e. The van der Waals surface area contributed by atoms with Gasteiger partial charge in [0, 0.05) is 29.8 Å². The van der Waals surface area contributed by atoms with Crippen molar-refractivity contribution in [2.45, 2.75) is 6.92 Å². The minimum absolute atomic E-state index is 0.138. The molecule has 0 saturated carbocycles. The number of rotatable bonds is 6. The number of nitrogens with one attached hydrogen (secondary N) is 2. The van der Waals surface area contributed by atoms with Crippen molar-refractivity contribution in [3.63, 3.8) is 0 Å². The molecular formula is C21H15Cl2N3O5. The van der Waals surface area contributed by atoms with Gasteiger partial charge >= 0.3 is 0 Å². The van der Waals surface area contributed by atoms with Crippen LogP contribution in [-0.4, -0.2) is 16.7 Å². The molecule has 2 N–H and O–H groups in total. The molecule has 8 nitrogen and oxygen atoms in total. The van der Waals surface area contributed by atoms with Gasteiger partial charge in [-0.2, -0.15) is 0 Å². The number of carbonyl (C=O) groups excluding carboxylic acids is 2. The number of nitro benzene ring substituents is 1. The lowest BCUT2D eigenvalue weighted by Crippen LogP contribution is -2.12. The smallest absolute Gasteiger partial charge is 0.275 e. The Balaban J connectivity index is 1.84. The van der Waals surface area contributed by atoms with Crippen LogP contribution >= 0.6 is 23.2 Å². The van der Waals surface area contributed by atoms with E-state index in [0.29, 0.717) is 16.5 Å². The highest BCUT2D eigenvalue weighted by atomic mass is 35.5. The maximum absolute atomic E-state index is 12.5. The van der Waals surface area contributed by atoms with E-state index < -0.39 is 10.8 Å². The topological polar surface area (TPSA) is 111 Å². The SMILES string of the molecule is CC(=O)Nc1ccc(Oc2cc(NC(=O)c3ccc(Cl)cc3Cl)cc([N+](=O)[O-])c2)cc1. The zero-order valence-corrected chi connectivity index (χ0v) is 17.5. The predicted molar refractivity (Wildman–Crippen MR) is 118 cm³/mol. The number of halogens is 2. The van der Waals surface area contributed by atoms with E-state index in [4.69, 9.17) is 27.9 Å². The molecule has 0 heterocycles. The third-order valence-electron chi connectivity index (χ3n) is 3.95. The standard InChI is InChI=1S/C21H15Cl2N3O5/c1-12(27)24-14-3-5-17(6-4-14)31-18-10-15(9-16(11-18)26(29)30)25-21(28)19-7-2-13(22)8-20(19)23/h2-11H,1H3,(H,24,27)(H,25,28). The lowest BCUT2D eigenvalue weighted by molar-refractivity contribution is -0.384. The maximum Gasteiger partial charge on any atom is 0.275 e. The summed E-state index contributed by atoms with van der Waals surface area (Å²) < 4.78 is 5.68. The van der Waals surface area contributed by atoms with Crippen LogP contribution in [0.2, 0.25) is 10.0 Å². The zero-order valence-electron chi connectivity index (χ0n) is 16.0. The van der Waals surface area contributed by atoms with Gasteiger partial charge in [-0.1, -0.05) is 23.2 Å². The van der Waals surface area contributed by atoms with E-state index in [-0.39, 0.29) is 33.6 Å². The van der Waals surface area contributed by atoms with Crippen LogP contribution in [0.4, 0.5) is 17.1 Å². The summed E-state index contributed by atoms with van der Waals surface area (Å²) in [6.45, 7) is 1.39. The number of non-ortho nitro benzene ring substituents is 1. The lowest BCUT2D eigenvalue weighted by atomic mass is 10.2. The number of nitrogens with zero attached hydrogens (tertiary/aromatic N) is 1. The second-order valence-electron chi connectivity index (χ2n) is 6.36. The van der Waals surface area contributed by atoms with Crippen LogP contribution in [0.25, 0.3) is 0 Å². The summed E-state index contributed by atoms with van der Waals surface area (Å²) in [6, 6.07) is 14.7. The van der Waals surface area contributed by atoms with E-state index in [1.807, 2.05) is 0 Å². The summed E-state index contributed by atoms with van der Waals surface area (Å²) in [4.78, 5) is 34.4. The van der Waals surface area contributed by atoms with Crippen molar-refractivity contribution in [2.75, 3.05) is 10.6 Å². The van der Waals surface area contributed by atoms with Crippen molar-refractivity contribution < 1.29 is 19.2 Å². The van der Waals surface area contributed by atoms with Gasteiger partial charge in [-0.05, 0) is 42.5 Å². The van der Waals surface area contributed by atoms with Gasteiger partial charge in [0.2, 0.25) is 5.91 Å². The molecule has 0 unspecified atom stereocenters. The van der Waals surface area contributed by atoms with E-state index in [9.17, 15) is 19.7 Å². The Bertz CT molecular complexity index is 1170. The first-order chi connectivity index (χ1) is 14.7. The van der Waals surface area contributed by atoms with Crippen LogP contribution in [0.15, 0.2) is 60.7 Å². The quantitative estimate of drug-likeness (QED) is 0.351. The third kappa shape index (κ3) is 5.94. The molecule has 31 heavy (non-hydrogen) atoms. The van der Waals surface area contributed by atoms with E-state index in [2.05, 4.69) is 10.6 Å². The molecule has 3 rings (SSSR count). The van der Waals surface area contributed by atoms with Crippen molar-refractivity contribution in [1.29, 1.82) is 0 Å². The lowest BCUT2D eigenvalue weighted by Gasteiger charge is -2.11. The normalized spacial score (nSPS) is 10.3. The van der Waals surface area contributed by atoms with Crippen molar-refractivity contribution in [1.82, 2.24) is 0 Å².